The van der Waals surface area contributed by atoms with Crippen molar-refractivity contribution in [2.75, 3.05) is 18.4 Å². The molecule has 0 atom stereocenters. The van der Waals surface area contributed by atoms with E-state index in [-0.39, 0.29) is 11.8 Å². The standard InChI is InChI=1S/C20H23BrN2O3S/c1-14-3-8-19(13-15(14)2)27(25,26)23-11-9-16(10-12-23)20(24)22-18-6-4-17(21)5-7-18/h3-8,13,16H,9-12H2,1-2H3,(H,22,24). The van der Waals surface area contributed by atoms with Gasteiger partial charge < -0.3 is 5.32 Å². The SMILES string of the molecule is Cc1ccc(S(=O)(=O)N2CCC(C(=O)Nc3ccc(Br)cc3)CC2)cc1C. The van der Waals surface area contributed by atoms with Crippen LogP contribution in [0.3, 0.4) is 0 Å². The van der Waals surface area contributed by atoms with Crippen molar-refractivity contribution >= 4 is 37.5 Å². The first-order valence-electron chi connectivity index (χ1n) is 8.91. The first kappa shape index (κ1) is 20.0. The smallest absolute Gasteiger partial charge is 0.243 e. The lowest BCUT2D eigenvalue weighted by Crippen LogP contribution is -2.41. The van der Waals surface area contributed by atoms with Gasteiger partial charge in [-0.2, -0.15) is 4.31 Å². The maximum atomic E-state index is 12.9. The number of halogens is 1. The Hall–Kier alpha value is -1.70. The number of aryl methyl sites for hydroxylation is 2. The van der Waals surface area contributed by atoms with E-state index in [0.717, 1.165) is 21.3 Å². The van der Waals surface area contributed by atoms with E-state index < -0.39 is 10.0 Å². The molecule has 0 spiro atoms. The van der Waals surface area contributed by atoms with Gasteiger partial charge in [0, 0.05) is 29.2 Å². The Bertz CT molecular complexity index is 934. The number of anilines is 1. The van der Waals surface area contributed by atoms with Gasteiger partial charge in [0.2, 0.25) is 15.9 Å². The van der Waals surface area contributed by atoms with Gasteiger partial charge in [-0.25, -0.2) is 8.42 Å². The van der Waals surface area contributed by atoms with Gasteiger partial charge in [-0.15, -0.1) is 0 Å². The molecule has 0 saturated carbocycles. The van der Waals surface area contributed by atoms with Gasteiger partial charge in [-0.3, -0.25) is 4.79 Å². The molecular weight excluding hydrogens is 428 g/mol. The summed E-state index contributed by atoms with van der Waals surface area (Å²) in [6.45, 7) is 4.58. The normalized spacial score (nSPS) is 16.3. The number of carbonyl (C=O) groups is 1. The number of nitrogens with one attached hydrogen (secondary N) is 1. The number of nitrogens with zero attached hydrogens (tertiary/aromatic N) is 1. The molecule has 0 aliphatic carbocycles. The first-order chi connectivity index (χ1) is 12.8. The lowest BCUT2D eigenvalue weighted by atomic mass is 9.97. The Kier molecular flexibility index (Phi) is 6.03. The second kappa shape index (κ2) is 8.12. The zero-order chi connectivity index (χ0) is 19.6. The largest absolute Gasteiger partial charge is 0.326 e. The van der Waals surface area contributed by atoms with Crippen LogP contribution in [0.1, 0.15) is 24.0 Å². The van der Waals surface area contributed by atoms with Crippen LogP contribution in [0.15, 0.2) is 51.8 Å². The Morgan fingerprint density at radius 1 is 1.04 bits per heavy atom. The number of hydrogen-bond donors (Lipinski definition) is 1. The van der Waals surface area contributed by atoms with Gasteiger partial charge in [0.25, 0.3) is 0 Å². The molecule has 0 aromatic heterocycles. The third-order valence-corrected chi connectivity index (χ3v) is 7.48. The summed E-state index contributed by atoms with van der Waals surface area (Å²) in [6, 6.07) is 12.6. The summed E-state index contributed by atoms with van der Waals surface area (Å²) >= 11 is 3.37. The van der Waals surface area contributed by atoms with Crippen molar-refractivity contribution in [3.05, 3.63) is 58.1 Å². The summed E-state index contributed by atoms with van der Waals surface area (Å²) in [5, 5.41) is 2.91. The fourth-order valence-electron chi connectivity index (χ4n) is 3.16. The van der Waals surface area contributed by atoms with Gasteiger partial charge in [0.1, 0.15) is 0 Å². The summed E-state index contributed by atoms with van der Waals surface area (Å²) in [7, 11) is -3.52. The number of benzene rings is 2. The second-order valence-corrected chi connectivity index (χ2v) is 9.77. The molecule has 1 saturated heterocycles. The van der Waals surface area contributed by atoms with Crippen LogP contribution in [0.25, 0.3) is 0 Å². The van der Waals surface area contributed by atoms with Crippen LogP contribution < -0.4 is 5.32 Å². The third kappa shape index (κ3) is 4.59. The quantitative estimate of drug-likeness (QED) is 0.761. The number of sulfonamides is 1. The Balaban J connectivity index is 1.63. The molecule has 1 N–H and O–H groups in total. The van der Waals surface area contributed by atoms with E-state index in [1.807, 2.05) is 44.2 Å². The van der Waals surface area contributed by atoms with Crippen molar-refractivity contribution in [3.63, 3.8) is 0 Å². The fourth-order valence-corrected chi connectivity index (χ4v) is 4.98. The Morgan fingerprint density at radius 3 is 2.26 bits per heavy atom. The Labute approximate surface area is 169 Å². The minimum absolute atomic E-state index is 0.0550. The van der Waals surface area contributed by atoms with E-state index >= 15 is 0 Å². The molecule has 1 aliphatic rings. The van der Waals surface area contributed by atoms with Crippen LogP contribution >= 0.6 is 15.9 Å². The van der Waals surface area contributed by atoms with E-state index in [9.17, 15) is 13.2 Å². The zero-order valence-corrected chi connectivity index (χ0v) is 17.8. The molecule has 1 aliphatic heterocycles. The number of amides is 1. The summed E-state index contributed by atoms with van der Waals surface area (Å²) in [4.78, 5) is 12.8. The van der Waals surface area contributed by atoms with Gasteiger partial charge in [0.05, 0.1) is 4.90 Å². The monoisotopic (exact) mass is 450 g/mol. The molecule has 1 heterocycles. The van der Waals surface area contributed by atoms with E-state index in [1.54, 1.807) is 12.1 Å². The fraction of sp³-hybridized carbons (Fsp3) is 0.350. The molecule has 0 unspecified atom stereocenters. The number of hydrogen-bond acceptors (Lipinski definition) is 3. The van der Waals surface area contributed by atoms with Crippen molar-refractivity contribution in [1.82, 2.24) is 4.31 Å². The van der Waals surface area contributed by atoms with E-state index in [0.29, 0.717) is 30.8 Å². The van der Waals surface area contributed by atoms with Crippen molar-refractivity contribution in [3.8, 4) is 0 Å². The zero-order valence-electron chi connectivity index (χ0n) is 15.4. The molecule has 1 fully saturated rings. The van der Waals surface area contributed by atoms with Crippen LogP contribution in [0, 0.1) is 19.8 Å². The highest BCUT2D eigenvalue weighted by Gasteiger charge is 2.32. The minimum Gasteiger partial charge on any atom is -0.326 e. The van der Waals surface area contributed by atoms with Crippen molar-refractivity contribution in [2.45, 2.75) is 31.6 Å². The maximum absolute atomic E-state index is 12.9. The average molecular weight is 451 g/mol. The number of rotatable bonds is 4. The van der Waals surface area contributed by atoms with Crippen molar-refractivity contribution in [2.24, 2.45) is 5.92 Å². The van der Waals surface area contributed by atoms with Gasteiger partial charge in [-0.05, 0) is 74.2 Å². The summed E-state index contributed by atoms with van der Waals surface area (Å²) in [5.41, 5.74) is 2.77. The minimum atomic E-state index is -3.52. The number of carbonyl (C=O) groups excluding carboxylic acids is 1. The van der Waals surface area contributed by atoms with Gasteiger partial charge >= 0.3 is 0 Å². The predicted octanol–water partition coefficient (Wildman–Crippen LogP) is 4.11. The second-order valence-electron chi connectivity index (χ2n) is 6.92. The highest BCUT2D eigenvalue weighted by Crippen LogP contribution is 2.26. The van der Waals surface area contributed by atoms with Crippen molar-refractivity contribution in [1.29, 1.82) is 0 Å². The number of piperidine rings is 1. The molecule has 27 heavy (non-hydrogen) atoms. The molecule has 2 aromatic rings. The molecule has 3 rings (SSSR count). The average Bonchev–Trinajstić information content (AvgIpc) is 2.66. The predicted molar refractivity (Wildman–Crippen MR) is 110 cm³/mol. The highest BCUT2D eigenvalue weighted by molar-refractivity contribution is 9.10. The van der Waals surface area contributed by atoms with Crippen molar-refractivity contribution < 1.29 is 13.2 Å². The lowest BCUT2D eigenvalue weighted by molar-refractivity contribution is -0.120. The summed E-state index contributed by atoms with van der Waals surface area (Å²) in [5.74, 6) is -0.236. The summed E-state index contributed by atoms with van der Waals surface area (Å²) < 4.78 is 28.2. The highest BCUT2D eigenvalue weighted by atomic mass is 79.9. The molecule has 144 valence electrons. The van der Waals surface area contributed by atoms with Crippen LogP contribution in [0.2, 0.25) is 0 Å². The molecule has 0 bridgehead atoms. The third-order valence-electron chi connectivity index (χ3n) is 5.05. The van der Waals surface area contributed by atoms with Crippen LogP contribution in [-0.4, -0.2) is 31.7 Å². The van der Waals surface area contributed by atoms with E-state index in [1.165, 1.54) is 4.31 Å². The molecule has 7 heteroatoms. The molecular formula is C20H23BrN2O3S. The molecule has 0 radical (unpaired) electrons. The topological polar surface area (TPSA) is 66.5 Å². The van der Waals surface area contributed by atoms with Crippen LogP contribution in [0.5, 0.6) is 0 Å². The molecule has 1 amide bonds. The van der Waals surface area contributed by atoms with Gasteiger partial charge in [-0.1, -0.05) is 22.0 Å². The lowest BCUT2D eigenvalue weighted by Gasteiger charge is -2.30. The van der Waals surface area contributed by atoms with Crippen LogP contribution in [0.4, 0.5) is 5.69 Å². The Morgan fingerprint density at radius 2 is 1.67 bits per heavy atom. The maximum Gasteiger partial charge on any atom is 0.243 e. The summed E-state index contributed by atoms with van der Waals surface area (Å²) in [6.07, 6.45) is 1.04. The van der Waals surface area contributed by atoms with Crippen LogP contribution in [-0.2, 0) is 14.8 Å². The molecule has 5 nitrogen and oxygen atoms in total. The van der Waals surface area contributed by atoms with E-state index in [2.05, 4.69) is 21.2 Å². The van der Waals surface area contributed by atoms with E-state index in [4.69, 9.17) is 0 Å². The first-order valence-corrected chi connectivity index (χ1v) is 11.1. The van der Waals surface area contributed by atoms with Gasteiger partial charge in [0.15, 0.2) is 0 Å². The molecule has 2 aromatic carbocycles.